The van der Waals surface area contributed by atoms with Gasteiger partial charge in [-0.05, 0) is 12.1 Å². The molecule has 1 atom stereocenters. The van der Waals surface area contributed by atoms with Gasteiger partial charge >= 0.3 is 5.69 Å². The molecule has 3 aromatic rings. The number of benzene rings is 1. The van der Waals surface area contributed by atoms with Crippen molar-refractivity contribution in [3.63, 3.8) is 0 Å². The Morgan fingerprint density at radius 2 is 2.00 bits per heavy atom. The first-order valence-electron chi connectivity index (χ1n) is 10.4. The van der Waals surface area contributed by atoms with Crippen LogP contribution >= 0.6 is 0 Å². The maximum atomic E-state index is 13.0. The number of hydrogen-bond acceptors (Lipinski definition) is 8. The van der Waals surface area contributed by atoms with Crippen LogP contribution in [0.2, 0.25) is 0 Å². The molecular weight excluding hydrogens is 434 g/mol. The Labute approximate surface area is 187 Å². The maximum absolute atomic E-state index is 13.0. The minimum Gasteiger partial charge on any atom is -0.491 e. The highest BCUT2D eigenvalue weighted by Crippen LogP contribution is 2.35. The van der Waals surface area contributed by atoms with Crippen LogP contribution in [0.1, 0.15) is 0 Å². The Bertz CT molecular complexity index is 1340. The van der Waals surface area contributed by atoms with Gasteiger partial charge in [-0.15, -0.1) is 0 Å². The zero-order valence-electron chi connectivity index (χ0n) is 18.2. The second-order valence-corrected chi connectivity index (χ2v) is 7.91. The summed E-state index contributed by atoms with van der Waals surface area (Å²) < 4.78 is 26.0. The van der Waals surface area contributed by atoms with Gasteiger partial charge in [0.05, 0.1) is 19.5 Å². The van der Waals surface area contributed by atoms with Crippen molar-refractivity contribution in [2.45, 2.75) is 12.6 Å². The Hall–Kier alpha value is -3.80. The SMILES string of the molecule is Cn1c(=O)c2c(ncn2CC(=O)N2CCOC(COc3ccc4c(c3)OCO4)C2)n(C)c1=O. The lowest BCUT2D eigenvalue weighted by Gasteiger charge is -2.33. The Kier molecular flexibility index (Phi) is 5.29. The van der Waals surface area contributed by atoms with E-state index in [4.69, 9.17) is 18.9 Å². The number of aromatic nitrogens is 4. The van der Waals surface area contributed by atoms with Gasteiger partial charge in [-0.1, -0.05) is 0 Å². The van der Waals surface area contributed by atoms with Gasteiger partial charge in [0.25, 0.3) is 5.56 Å². The number of hydrogen-bond donors (Lipinski definition) is 0. The molecule has 12 heteroatoms. The fourth-order valence-corrected chi connectivity index (χ4v) is 3.97. The molecule has 0 spiro atoms. The number of carbonyl (C=O) groups excluding carboxylic acids is 1. The van der Waals surface area contributed by atoms with Gasteiger partial charge in [-0.3, -0.25) is 18.7 Å². The zero-order valence-corrected chi connectivity index (χ0v) is 18.2. The van der Waals surface area contributed by atoms with Crippen LogP contribution in [-0.2, 0) is 30.2 Å². The Morgan fingerprint density at radius 1 is 1.18 bits per heavy atom. The van der Waals surface area contributed by atoms with Crippen LogP contribution in [0, 0.1) is 0 Å². The normalized spacial score (nSPS) is 17.5. The number of fused-ring (bicyclic) bond motifs is 2. The third-order valence-corrected chi connectivity index (χ3v) is 5.79. The van der Waals surface area contributed by atoms with Gasteiger partial charge in [-0.25, -0.2) is 9.78 Å². The number of ether oxygens (including phenoxy) is 4. The molecule has 174 valence electrons. The summed E-state index contributed by atoms with van der Waals surface area (Å²) in [4.78, 5) is 43.5. The second kappa shape index (κ2) is 8.28. The molecule has 33 heavy (non-hydrogen) atoms. The summed E-state index contributed by atoms with van der Waals surface area (Å²) in [5.41, 5.74) is -0.505. The van der Waals surface area contributed by atoms with E-state index in [9.17, 15) is 14.4 Å². The van der Waals surface area contributed by atoms with Crippen LogP contribution in [0.4, 0.5) is 0 Å². The van der Waals surface area contributed by atoms with Crippen LogP contribution in [0.3, 0.4) is 0 Å². The van der Waals surface area contributed by atoms with Crippen LogP contribution in [0.5, 0.6) is 17.2 Å². The van der Waals surface area contributed by atoms with Crippen molar-refractivity contribution < 1.29 is 23.7 Å². The number of amides is 1. The molecule has 2 aromatic heterocycles. The lowest BCUT2D eigenvalue weighted by molar-refractivity contribution is -0.140. The van der Waals surface area contributed by atoms with Crippen molar-refractivity contribution >= 4 is 17.1 Å². The predicted octanol–water partition coefficient (Wildman–Crippen LogP) is -0.531. The largest absolute Gasteiger partial charge is 0.491 e. The van der Waals surface area contributed by atoms with Crippen molar-refractivity contribution in [1.82, 2.24) is 23.6 Å². The molecule has 5 rings (SSSR count). The van der Waals surface area contributed by atoms with Gasteiger partial charge in [0.1, 0.15) is 25.0 Å². The van der Waals surface area contributed by atoms with Crippen LogP contribution in [0.25, 0.3) is 11.2 Å². The number of aryl methyl sites for hydroxylation is 1. The molecule has 1 aromatic carbocycles. The molecule has 0 N–H and O–H groups in total. The number of nitrogens with zero attached hydrogens (tertiary/aromatic N) is 5. The number of morpholine rings is 1. The monoisotopic (exact) mass is 457 g/mol. The smallest absolute Gasteiger partial charge is 0.332 e. The van der Waals surface area contributed by atoms with Gasteiger partial charge in [0, 0.05) is 26.7 Å². The molecule has 1 fully saturated rings. The van der Waals surface area contributed by atoms with E-state index in [2.05, 4.69) is 4.98 Å². The number of rotatable bonds is 5. The van der Waals surface area contributed by atoms with Crippen molar-refractivity contribution in [1.29, 1.82) is 0 Å². The standard InChI is InChI=1S/C21H23N5O7/c1-23-19-18(20(28)24(2)21(23)29)26(11-22-19)9-17(27)25-5-6-30-14(8-25)10-31-13-3-4-15-16(7-13)33-12-32-15/h3-4,7,11,14H,5-6,8-10,12H2,1-2H3. The summed E-state index contributed by atoms with van der Waals surface area (Å²) in [6, 6.07) is 5.33. The van der Waals surface area contributed by atoms with E-state index in [1.807, 2.05) is 0 Å². The molecule has 1 saturated heterocycles. The van der Waals surface area contributed by atoms with Crippen molar-refractivity contribution in [2.24, 2.45) is 14.1 Å². The minimum absolute atomic E-state index is 0.0698. The molecule has 1 unspecified atom stereocenters. The van der Waals surface area contributed by atoms with E-state index in [-0.39, 0.29) is 43.1 Å². The minimum atomic E-state index is -0.490. The van der Waals surface area contributed by atoms with Crippen LogP contribution in [0.15, 0.2) is 34.1 Å². The van der Waals surface area contributed by atoms with Gasteiger partial charge in [0.15, 0.2) is 22.7 Å². The first kappa shape index (κ1) is 21.1. The first-order chi connectivity index (χ1) is 15.9. The fraction of sp³-hybridized carbons (Fsp3) is 0.429. The average Bonchev–Trinajstić information content (AvgIpc) is 3.47. The lowest BCUT2D eigenvalue weighted by Crippen LogP contribution is -2.48. The van der Waals surface area contributed by atoms with Crippen molar-refractivity contribution in [3.05, 3.63) is 45.4 Å². The molecule has 0 radical (unpaired) electrons. The van der Waals surface area contributed by atoms with E-state index >= 15 is 0 Å². The molecule has 1 amide bonds. The maximum Gasteiger partial charge on any atom is 0.332 e. The first-order valence-corrected chi connectivity index (χ1v) is 10.4. The highest BCUT2D eigenvalue weighted by Gasteiger charge is 2.26. The molecule has 2 aliphatic rings. The molecule has 0 aliphatic carbocycles. The average molecular weight is 457 g/mol. The third kappa shape index (κ3) is 3.82. The topological polar surface area (TPSA) is 119 Å². The second-order valence-electron chi connectivity index (χ2n) is 7.91. The zero-order chi connectivity index (χ0) is 23.1. The van der Waals surface area contributed by atoms with E-state index < -0.39 is 11.2 Å². The lowest BCUT2D eigenvalue weighted by atomic mass is 10.2. The molecule has 4 heterocycles. The Morgan fingerprint density at radius 3 is 2.85 bits per heavy atom. The van der Waals surface area contributed by atoms with E-state index in [0.29, 0.717) is 36.9 Å². The predicted molar refractivity (Wildman–Crippen MR) is 115 cm³/mol. The molecule has 0 bridgehead atoms. The summed E-state index contributed by atoms with van der Waals surface area (Å²) >= 11 is 0. The van der Waals surface area contributed by atoms with Gasteiger partial charge in [0.2, 0.25) is 12.7 Å². The van der Waals surface area contributed by atoms with Crippen molar-refractivity contribution in [2.75, 3.05) is 33.1 Å². The summed E-state index contributed by atoms with van der Waals surface area (Å²) in [6.45, 7) is 1.55. The van der Waals surface area contributed by atoms with Gasteiger partial charge < -0.3 is 28.4 Å². The quantitative estimate of drug-likeness (QED) is 0.502. The van der Waals surface area contributed by atoms with E-state index in [1.54, 1.807) is 23.1 Å². The van der Waals surface area contributed by atoms with Crippen LogP contribution in [-0.4, -0.2) is 68.7 Å². The summed E-state index contributed by atoms with van der Waals surface area (Å²) in [5.74, 6) is 1.75. The molecule has 0 saturated carbocycles. The number of imidazole rings is 1. The molecular formula is C21H23N5O7. The molecule has 12 nitrogen and oxygen atoms in total. The third-order valence-electron chi connectivity index (χ3n) is 5.79. The summed E-state index contributed by atoms with van der Waals surface area (Å²) in [7, 11) is 2.94. The van der Waals surface area contributed by atoms with E-state index in [0.717, 1.165) is 4.57 Å². The summed E-state index contributed by atoms with van der Waals surface area (Å²) in [5, 5.41) is 0. The van der Waals surface area contributed by atoms with Gasteiger partial charge in [-0.2, -0.15) is 0 Å². The highest BCUT2D eigenvalue weighted by molar-refractivity contribution is 5.79. The summed E-state index contributed by atoms with van der Waals surface area (Å²) in [6.07, 6.45) is 1.10. The van der Waals surface area contributed by atoms with Crippen LogP contribution < -0.4 is 25.5 Å². The molecule has 2 aliphatic heterocycles. The highest BCUT2D eigenvalue weighted by atomic mass is 16.7. The van der Waals surface area contributed by atoms with Crippen molar-refractivity contribution in [3.8, 4) is 17.2 Å². The van der Waals surface area contributed by atoms with E-state index in [1.165, 1.54) is 29.6 Å². The Balaban J connectivity index is 1.25. The number of carbonyl (C=O) groups is 1. The fourth-order valence-electron chi connectivity index (χ4n) is 3.97.